The van der Waals surface area contributed by atoms with Crippen LogP contribution in [0.1, 0.15) is 18.4 Å². The van der Waals surface area contributed by atoms with Crippen LogP contribution in [0.3, 0.4) is 0 Å². The Bertz CT molecular complexity index is 748. The van der Waals surface area contributed by atoms with E-state index < -0.39 is 9.84 Å². The monoisotopic (exact) mass is 374 g/mol. The van der Waals surface area contributed by atoms with Gasteiger partial charge in [-0.25, -0.2) is 13.8 Å². The number of nitrogens with zero attached hydrogens (tertiary/aromatic N) is 1. The average molecular weight is 375 g/mol. The van der Waals surface area contributed by atoms with E-state index >= 15 is 0 Å². The van der Waals surface area contributed by atoms with Gasteiger partial charge >= 0.3 is 0 Å². The van der Waals surface area contributed by atoms with Gasteiger partial charge in [0.05, 0.1) is 37.0 Å². The van der Waals surface area contributed by atoms with Crippen molar-refractivity contribution in [1.82, 2.24) is 5.43 Å². The molecule has 1 fully saturated rings. The summed E-state index contributed by atoms with van der Waals surface area (Å²) < 4.78 is 33.1. The lowest BCUT2D eigenvalue weighted by molar-refractivity contribution is -0.121. The van der Waals surface area contributed by atoms with Crippen LogP contribution in [0.25, 0.3) is 0 Å². The summed E-state index contributed by atoms with van der Waals surface area (Å²) >= 11 is 6.08. The number of hydrogen-bond acceptors (Lipinski definition) is 6. The number of amides is 1. The Kier molecular flexibility index (Phi) is 6.06. The first-order valence-corrected chi connectivity index (χ1v) is 9.48. The smallest absolute Gasteiger partial charge is 0.240 e. The highest BCUT2D eigenvalue weighted by molar-refractivity contribution is 7.91. The third-order valence-electron chi connectivity index (χ3n) is 3.66. The molecule has 1 saturated heterocycles. The summed E-state index contributed by atoms with van der Waals surface area (Å²) in [4.78, 5) is 11.8. The van der Waals surface area contributed by atoms with Gasteiger partial charge in [0.15, 0.2) is 21.3 Å². The summed E-state index contributed by atoms with van der Waals surface area (Å²) in [5.74, 6) is 0.630. The molecule has 0 bridgehead atoms. The average Bonchev–Trinajstić information content (AvgIpc) is 2.85. The molecule has 24 heavy (non-hydrogen) atoms. The van der Waals surface area contributed by atoms with E-state index in [-0.39, 0.29) is 29.8 Å². The summed E-state index contributed by atoms with van der Waals surface area (Å²) in [6.07, 6.45) is 2.09. The third-order valence-corrected chi connectivity index (χ3v) is 5.78. The van der Waals surface area contributed by atoms with Crippen LogP contribution >= 0.6 is 11.6 Å². The quantitative estimate of drug-likeness (QED) is 0.603. The van der Waals surface area contributed by atoms with Crippen molar-refractivity contribution < 1.29 is 22.7 Å². The van der Waals surface area contributed by atoms with E-state index in [0.717, 1.165) is 0 Å². The molecule has 0 aliphatic carbocycles. The molecule has 0 spiro atoms. The Morgan fingerprint density at radius 2 is 2.17 bits per heavy atom. The molecule has 0 radical (unpaired) electrons. The van der Waals surface area contributed by atoms with E-state index in [1.54, 1.807) is 12.1 Å². The highest BCUT2D eigenvalue weighted by Gasteiger charge is 2.29. The fraction of sp³-hybridized carbons (Fsp3) is 0.467. The molecule has 0 unspecified atom stereocenters. The molecule has 1 aromatic rings. The summed E-state index contributed by atoms with van der Waals surface area (Å²) in [5, 5.41) is 4.22. The molecule has 1 atom stereocenters. The van der Waals surface area contributed by atoms with Gasteiger partial charge in [-0.2, -0.15) is 5.10 Å². The number of halogens is 1. The Morgan fingerprint density at radius 1 is 1.42 bits per heavy atom. The second-order valence-electron chi connectivity index (χ2n) is 5.50. The van der Waals surface area contributed by atoms with Crippen LogP contribution < -0.4 is 14.9 Å². The van der Waals surface area contributed by atoms with Crippen LogP contribution in [0.4, 0.5) is 0 Å². The number of carbonyl (C=O) groups excluding carboxylic acids is 1. The first-order chi connectivity index (χ1) is 11.3. The van der Waals surface area contributed by atoms with E-state index in [9.17, 15) is 13.2 Å². The highest BCUT2D eigenvalue weighted by atomic mass is 35.5. The van der Waals surface area contributed by atoms with Crippen LogP contribution in [-0.2, 0) is 14.6 Å². The molecular weight excluding hydrogens is 356 g/mol. The number of nitrogens with one attached hydrogen (secondary N) is 1. The van der Waals surface area contributed by atoms with Crippen molar-refractivity contribution in [2.45, 2.75) is 12.8 Å². The molecule has 0 aromatic heterocycles. The molecule has 1 aliphatic rings. The molecule has 1 aromatic carbocycles. The molecule has 9 heteroatoms. The fourth-order valence-corrected chi connectivity index (χ4v) is 4.69. The lowest BCUT2D eigenvalue weighted by Gasteiger charge is -2.10. The number of carbonyl (C=O) groups is 1. The minimum absolute atomic E-state index is 0.0649. The van der Waals surface area contributed by atoms with Crippen LogP contribution in [0.15, 0.2) is 17.2 Å². The van der Waals surface area contributed by atoms with E-state index in [4.69, 9.17) is 21.1 Å². The second-order valence-corrected chi connectivity index (χ2v) is 8.14. The SMILES string of the molecule is COc1cc(/C=N\NC(=O)C[C@@H]2CCS(=O)(=O)C2)cc(Cl)c1OC. The molecule has 1 N–H and O–H groups in total. The molecular formula is C15H19ClN2O5S. The maximum Gasteiger partial charge on any atom is 0.240 e. The largest absolute Gasteiger partial charge is 0.493 e. The predicted octanol–water partition coefficient (Wildman–Crippen LogP) is 1.63. The van der Waals surface area contributed by atoms with E-state index in [2.05, 4.69) is 10.5 Å². The number of hydrazone groups is 1. The molecule has 1 aliphatic heterocycles. The van der Waals surface area contributed by atoms with Gasteiger partial charge in [0.2, 0.25) is 5.91 Å². The van der Waals surface area contributed by atoms with Crippen molar-refractivity contribution in [3.8, 4) is 11.5 Å². The number of sulfone groups is 1. The number of rotatable bonds is 6. The Labute approximate surface area is 145 Å². The minimum atomic E-state index is -2.98. The maximum atomic E-state index is 11.8. The Morgan fingerprint density at radius 3 is 2.75 bits per heavy atom. The van der Waals surface area contributed by atoms with E-state index in [1.165, 1.54) is 20.4 Å². The Balaban J connectivity index is 1.94. The zero-order valence-electron chi connectivity index (χ0n) is 13.4. The summed E-state index contributed by atoms with van der Waals surface area (Å²) in [6.45, 7) is 0. The van der Waals surface area contributed by atoms with Gasteiger partial charge in [-0.15, -0.1) is 0 Å². The van der Waals surface area contributed by atoms with Crippen molar-refractivity contribution in [2.24, 2.45) is 11.0 Å². The number of benzene rings is 1. The minimum Gasteiger partial charge on any atom is -0.493 e. The molecule has 7 nitrogen and oxygen atoms in total. The highest BCUT2D eigenvalue weighted by Crippen LogP contribution is 2.35. The number of ether oxygens (including phenoxy) is 2. The summed E-state index contributed by atoms with van der Waals surface area (Å²) in [7, 11) is -0.00288. The fourth-order valence-electron chi connectivity index (χ4n) is 2.53. The van der Waals surface area contributed by atoms with Crippen LogP contribution in [-0.4, -0.2) is 46.3 Å². The van der Waals surface area contributed by atoms with Gasteiger partial charge in [-0.3, -0.25) is 4.79 Å². The predicted molar refractivity (Wildman–Crippen MR) is 91.7 cm³/mol. The van der Waals surface area contributed by atoms with Crippen molar-refractivity contribution >= 4 is 33.6 Å². The molecule has 1 amide bonds. The van der Waals surface area contributed by atoms with Gasteiger partial charge in [0, 0.05) is 6.42 Å². The normalized spacial score (nSPS) is 19.4. The molecule has 132 valence electrons. The van der Waals surface area contributed by atoms with E-state index in [0.29, 0.717) is 28.5 Å². The van der Waals surface area contributed by atoms with Gasteiger partial charge in [-0.1, -0.05) is 11.6 Å². The summed E-state index contributed by atoms with van der Waals surface area (Å²) in [5.41, 5.74) is 3.02. The van der Waals surface area contributed by atoms with Gasteiger partial charge in [-0.05, 0) is 30.0 Å². The van der Waals surface area contributed by atoms with Crippen molar-refractivity contribution in [3.63, 3.8) is 0 Å². The zero-order valence-corrected chi connectivity index (χ0v) is 15.0. The van der Waals surface area contributed by atoms with Gasteiger partial charge < -0.3 is 9.47 Å². The lowest BCUT2D eigenvalue weighted by Crippen LogP contribution is -2.21. The van der Waals surface area contributed by atoms with E-state index in [1.807, 2.05) is 0 Å². The van der Waals surface area contributed by atoms with Crippen LogP contribution in [0.2, 0.25) is 5.02 Å². The third kappa shape index (κ3) is 4.85. The molecule has 0 saturated carbocycles. The maximum absolute atomic E-state index is 11.8. The molecule has 2 rings (SSSR count). The van der Waals surface area contributed by atoms with Crippen molar-refractivity contribution in [1.29, 1.82) is 0 Å². The van der Waals surface area contributed by atoms with Crippen molar-refractivity contribution in [3.05, 3.63) is 22.7 Å². The summed E-state index contributed by atoms with van der Waals surface area (Å²) in [6, 6.07) is 3.30. The van der Waals surface area contributed by atoms with Crippen LogP contribution in [0, 0.1) is 5.92 Å². The van der Waals surface area contributed by atoms with Crippen LogP contribution in [0.5, 0.6) is 11.5 Å². The first-order valence-electron chi connectivity index (χ1n) is 7.28. The van der Waals surface area contributed by atoms with Crippen molar-refractivity contribution in [2.75, 3.05) is 25.7 Å². The first kappa shape index (κ1) is 18.5. The zero-order chi connectivity index (χ0) is 17.7. The molecule has 1 heterocycles. The topological polar surface area (TPSA) is 94.1 Å². The number of methoxy groups -OCH3 is 2. The lowest BCUT2D eigenvalue weighted by atomic mass is 10.1. The van der Waals surface area contributed by atoms with Gasteiger partial charge in [0.1, 0.15) is 0 Å². The Hall–Kier alpha value is -1.80. The van der Waals surface area contributed by atoms with Gasteiger partial charge in [0.25, 0.3) is 0 Å². The second kappa shape index (κ2) is 7.85. The standard InChI is InChI=1S/C15H19ClN2O5S/c1-22-13-6-11(5-12(16)15(13)23-2)8-17-18-14(19)7-10-3-4-24(20,21)9-10/h5-6,8,10H,3-4,7,9H2,1-2H3,(H,18,19)/b17-8-/t10-/m0/s1. The number of hydrogen-bond donors (Lipinski definition) is 1.